The molecule has 4 rings (SSSR count). The van der Waals surface area contributed by atoms with Crippen LogP contribution in [0.1, 0.15) is 77.6 Å². The lowest BCUT2D eigenvalue weighted by molar-refractivity contribution is 0.450. The standard InChI is InChI=1S/C34H40N2O2/c1-32(2,3)25-11-13-35-29(19-25)22-9-10-23(31(38)17-22)21-34(7,8)26-12-14-36-30(20-26)24-15-27(33(4,5)6)18-28(37)16-24/h9-20,37-38H,21H2,1-8H3. The number of benzene rings is 2. The minimum atomic E-state index is -0.259. The predicted octanol–water partition coefficient (Wildman–Crippen LogP) is 8.34. The maximum atomic E-state index is 11.0. The summed E-state index contributed by atoms with van der Waals surface area (Å²) in [6, 6.07) is 19.8. The lowest BCUT2D eigenvalue weighted by atomic mass is 9.78. The van der Waals surface area contributed by atoms with Crippen LogP contribution in [0, 0.1) is 0 Å². The summed E-state index contributed by atoms with van der Waals surface area (Å²) in [4.78, 5) is 9.16. The van der Waals surface area contributed by atoms with E-state index in [2.05, 4.69) is 83.6 Å². The van der Waals surface area contributed by atoms with Gasteiger partial charge in [0.1, 0.15) is 11.5 Å². The van der Waals surface area contributed by atoms with Gasteiger partial charge < -0.3 is 10.2 Å². The molecule has 198 valence electrons. The zero-order valence-corrected chi connectivity index (χ0v) is 23.9. The molecule has 4 aromatic rings. The van der Waals surface area contributed by atoms with Crippen molar-refractivity contribution < 1.29 is 10.2 Å². The molecule has 2 heterocycles. The molecule has 0 fully saturated rings. The van der Waals surface area contributed by atoms with Gasteiger partial charge in [-0.3, -0.25) is 9.97 Å². The van der Waals surface area contributed by atoms with Crippen molar-refractivity contribution >= 4 is 0 Å². The summed E-state index contributed by atoms with van der Waals surface area (Å²) in [5.41, 5.74) is 7.43. The normalized spacial score (nSPS) is 12.5. The van der Waals surface area contributed by atoms with Gasteiger partial charge in [-0.1, -0.05) is 67.5 Å². The Balaban J connectivity index is 1.62. The number of phenols is 2. The van der Waals surface area contributed by atoms with E-state index in [1.54, 1.807) is 6.07 Å². The van der Waals surface area contributed by atoms with Crippen molar-refractivity contribution in [2.75, 3.05) is 0 Å². The van der Waals surface area contributed by atoms with E-state index in [1.807, 2.05) is 48.8 Å². The third-order valence-electron chi connectivity index (χ3n) is 7.26. The first-order chi connectivity index (χ1) is 17.6. The molecule has 0 atom stereocenters. The molecular weight excluding hydrogens is 468 g/mol. The fourth-order valence-corrected chi connectivity index (χ4v) is 4.71. The van der Waals surface area contributed by atoms with Crippen molar-refractivity contribution in [3.8, 4) is 34.0 Å². The van der Waals surface area contributed by atoms with E-state index in [0.29, 0.717) is 6.42 Å². The van der Waals surface area contributed by atoms with E-state index in [4.69, 9.17) is 0 Å². The number of phenolic OH excluding ortho intramolecular Hbond substituents is 2. The fourth-order valence-electron chi connectivity index (χ4n) is 4.71. The average molecular weight is 509 g/mol. The summed E-state index contributed by atoms with van der Waals surface area (Å²) in [6.45, 7) is 17.3. The smallest absolute Gasteiger partial charge is 0.119 e. The summed E-state index contributed by atoms with van der Waals surface area (Å²) in [7, 11) is 0. The number of pyridine rings is 2. The highest BCUT2D eigenvalue weighted by molar-refractivity contribution is 5.65. The number of aromatic nitrogens is 2. The van der Waals surface area contributed by atoms with Crippen molar-refractivity contribution in [2.45, 2.75) is 78.1 Å². The van der Waals surface area contributed by atoms with Gasteiger partial charge in [-0.15, -0.1) is 0 Å². The maximum Gasteiger partial charge on any atom is 0.119 e. The Bertz CT molecular complexity index is 1460. The number of rotatable bonds is 5. The average Bonchev–Trinajstić information content (AvgIpc) is 2.84. The van der Waals surface area contributed by atoms with Crippen LogP contribution in [0.25, 0.3) is 22.5 Å². The van der Waals surface area contributed by atoms with Gasteiger partial charge in [-0.2, -0.15) is 0 Å². The molecule has 4 nitrogen and oxygen atoms in total. The second kappa shape index (κ2) is 9.90. The van der Waals surface area contributed by atoms with Crippen LogP contribution in [0.5, 0.6) is 11.5 Å². The lowest BCUT2D eigenvalue weighted by Gasteiger charge is -2.27. The summed E-state index contributed by atoms with van der Waals surface area (Å²) < 4.78 is 0. The van der Waals surface area contributed by atoms with E-state index < -0.39 is 0 Å². The number of hydrogen-bond acceptors (Lipinski definition) is 4. The zero-order chi connectivity index (χ0) is 27.9. The minimum absolute atomic E-state index is 0.0277. The first-order valence-electron chi connectivity index (χ1n) is 13.2. The quantitative estimate of drug-likeness (QED) is 0.284. The van der Waals surface area contributed by atoms with Crippen molar-refractivity contribution in [3.05, 3.63) is 95.3 Å². The van der Waals surface area contributed by atoms with E-state index in [1.165, 1.54) is 5.56 Å². The van der Waals surface area contributed by atoms with E-state index in [-0.39, 0.29) is 27.7 Å². The summed E-state index contributed by atoms with van der Waals surface area (Å²) >= 11 is 0. The first kappa shape index (κ1) is 27.4. The van der Waals surface area contributed by atoms with E-state index >= 15 is 0 Å². The highest BCUT2D eigenvalue weighted by Gasteiger charge is 2.24. The van der Waals surface area contributed by atoms with Crippen LogP contribution in [-0.4, -0.2) is 20.2 Å². The molecule has 2 aromatic heterocycles. The summed E-state index contributed by atoms with van der Waals surface area (Å²) in [5, 5.41) is 21.4. The Kier molecular flexibility index (Phi) is 7.13. The van der Waals surface area contributed by atoms with Gasteiger partial charge in [0.05, 0.1) is 11.4 Å². The number of hydrogen-bond donors (Lipinski definition) is 2. The second-order valence-corrected chi connectivity index (χ2v) is 13.0. The summed E-state index contributed by atoms with van der Waals surface area (Å²) in [5.74, 6) is 0.516. The van der Waals surface area contributed by atoms with Gasteiger partial charge in [-0.25, -0.2) is 0 Å². The van der Waals surface area contributed by atoms with Gasteiger partial charge in [0, 0.05) is 23.5 Å². The minimum Gasteiger partial charge on any atom is -0.508 e. The molecule has 2 N–H and O–H groups in total. The third-order valence-corrected chi connectivity index (χ3v) is 7.26. The van der Waals surface area contributed by atoms with E-state index in [9.17, 15) is 10.2 Å². The Morgan fingerprint density at radius 1 is 0.579 bits per heavy atom. The van der Waals surface area contributed by atoms with Crippen molar-refractivity contribution in [1.82, 2.24) is 9.97 Å². The zero-order valence-electron chi connectivity index (χ0n) is 23.9. The highest BCUT2D eigenvalue weighted by atomic mass is 16.3. The Labute approximate surface area is 227 Å². The SMILES string of the molecule is CC(C)(C)c1cc(O)cc(-c2cc(C(C)(C)Cc3ccc(-c4cc(C(C)(C)C)ccn4)cc3O)ccn2)c1. The Morgan fingerprint density at radius 3 is 1.76 bits per heavy atom. The van der Waals surface area contributed by atoms with Crippen molar-refractivity contribution in [3.63, 3.8) is 0 Å². The van der Waals surface area contributed by atoms with Crippen LogP contribution in [0.2, 0.25) is 0 Å². The molecular formula is C34H40N2O2. The van der Waals surface area contributed by atoms with Crippen molar-refractivity contribution in [2.24, 2.45) is 0 Å². The van der Waals surface area contributed by atoms with Crippen molar-refractivity contribution in [1.29, 1.82) is 0 Å². The molecule has 0 aliphatic carbocycles. The van der Waals surface area contributed by atoms with Gasteiger partial charge in [0.2, 0.25) is 0 Å². The monoisotopic (exact) mass is 508 g/mol. The van der Waals surface area contributed by atoms with Crippen LogP contribution < -0.4 is 0 Å². The van der Waals surface area contributed by atoms with Crippen LogP contribution in [0.3, 0.4) is 0 Å². The largest absolute Gasteiger partial charge is 0.508 e. The van der Waals surface area contributed by atoms with E-state index in [0.717, 1.165) is 39.2 Å². The predicted molar refractivity (Wildman–Crippen MR) is 157 cm³/mol. The van der Waals surface area contributed by atoms with Gasteiger partial charge >= 0.3 is 0 Å². The third kappa shape index (κ3) is 6.07. The Morgan fingerprint density at radius 2 is 1.16 bits per heavy atom. The molecule has 4 heteroatoms. The number of nitrogens with zero attached hydrogens (tertiary/aromatic N) is 2. The van der Waals surface area contributed by atoms with Crippen LogP contribution >= 0.6 is 0 Å². The molecule has 0 spiro atoms. The molecule has 2 aromatic carbocycles. The molecule has 38 heavy (non-hydrogen) atoms. The molecule has 0 unspecified atom stereocenters. The molecule has 0 radical (unpaired) electrons. The first-order valence-corrected chi connectivity index (χ1v) is 13.2. The highest BCUT2D eigenvalue weighted by Crippen LogP contribution is 2.36. The number of aromatic hydroxyl groups is 2. The molecule has 0 saturated heterocycles. The molecule has 0 aliphatic heterocycles. The molecule has 0 saturated carbocycles. The van der Waals surface area contributed by atoms with Gasteiger partial charge in [0.15, 0.2) is 0 Å². The topological polar surface area (TPSA) is 66.2 Å². The second-order valence-electron chi connectivity index (χ2n) is 13.0. The van der Waals surface area contributed by atoms with Crippen LogP contribution in [0.15, 0.2) is 73.1 Å². The molecule has 0 bridgehead atoms. The Hall–Kier alpha value is -3.66. The molecule has 0 amide bonds. The fraction of sp³-hybridized carbons (Fsp3) is 0.353. The maximum absolute atomic E-state index is 11.0. The summed E-state index contributed by atoms with van der Waals surface area (Å²) in [6.07, 6.45) is 4.32. The molecule has 0 aliphatic rings. The van der Waals surface area contributed by atoms with Gasteiger partial charge in [-0.05, 0) is 93.5 Å². The lowest BCUT2D eigenvalue weighted by Crippen LogP contribution is -2.21. The van der Waals surface area contributed by atoms with Crippen LogP contribution in [-0.2, 0) is 22.7 Å². The van der Waals surface area contributed by atoms with Crippen LogP contribution in [0.4, 0.5) is 0 Å². The van der Waals surface area contributed by atoms with Gasteiger partial charge in [0.25, 0.3) is 0 Å².